The van der Waals surface area contributed by atoms with Gasteiger partial charge in [-0.2, -0.15) is 5.26 Å². The van der Waals surface area contributed by atoms with Gasteiger partial charge in [0.05, 0.1) is 13.2 Å². The predicted octanol–water partition coefficient (Wildman–Crippen LogP) is 1.30. The number of amides is 1. The van der Waals surface area contributed by atoms with Crippen molar-refractivity contribution in [2.24, 2.45) is 0 Å². The summed E-state index contributed by atoms with van der Waals surface area (Å²) in [4.78, 5) is 39.1. The van der Waals surface area contributed by atoms with Crippen molar-refractivity contribution in [1.82, 2.24) is 9.47 Å². The molecule has 0 aliphatic heterocycles. The summed E-state index contributed by atoms with van der Waals surface area (Å²) in [5.74, 6) is -0.865. The molecule has 0 aliphatic rings. The van der Waals surface area contributed by atoms with E-state index < -0.39 is 5.97 Å². The van der Waals surface area contributed by atoms with Gasteiger partial charge in [0.25, 0.3) is 5.56 Å². The number of aromatic nitrogens is 1. The van der Waals surface area contributed by atoms with Gasteiger partial charge in [0.1, 0.15) is 15.3 Å². The first-order valence-corrected chi connectivity index (χ1v) is 11.5. The molecule has 1 heterocycles. The lowest BCUT2D eigenvalue weighted by Crippen LogP contribution is -2.32. The molecule has 33 heavy (non-hydrogen) atoms. The van der Waals surface area contributed by atoms with Crippen molar-refractivity contribution in [3.63, 3.8) is 0 Å². The highest BCUT2D eigenvalue weighted by Crippen LogP contribution is 2.15. The monoisotopic (exact) mass is 471 g/mol. The zero-order chi connectivity index (χ0) is 24.4. The third-order valence-electron chi connectivity index (χ3n) is 4.56. The van der Waals surface area contributed by atoms with Crippen LogP contribution in [0.5, 0.6) is 0 Å². The zero-order valence-electron chi connectivity index (χ0n) is 19.3. The summed E-state index contributed by atoms with van der Waals surface area (Å²) in [6, 6.07) is 8.98. The smallest absolute Gasteiger partial charge is 0.351 e. The van der Waals surface area contributed by atoms with Crippen molar-refractivity contribution >= 4 is 46.4 Å². The maximum Gasteiger partial charge on any atom is 0.351 e. The van der Waals surface area contributed by atoms with Gasteiger partial charge in [-0.25, -0.2) is 4.79 Å². The van der Waals surface area contributed by atoms with E-state index in [1.54, 1.807) is 38.1 Å². The second kappa shape index (κ2) is 12.6. The molecule has 0 bridgehead atoms. The van der Waals surface area contributed by atoms with E-state index >= 15 is 0 Å². The number of nitrogens with zero attached hydrogens (tertiary/aromatic N) is 3. The van der Waals surface area contributed by atoms with Crippen LogP contribution in [0.2, 0.25) is 0 Å². The first kappa shape index (κ1) is 25.8. The third-order valence-corrected chi connectivity index (χ3v) is 5.69. The van der Waals surface area contributed by atoms with Crippen LogP contribution in [-0.4, -0.2) is 48.1 Å². The van der Waals surface area contributed by atoms with Gasteiger partial charge in [-0.05, 0) is 52.1 Å². The standard InChI is InChI=1S/C23H29N5O4S/c1-5-11-27(4)15-20(29)26-17-10-8-9-16(12-17)25-14-19-21(30)28(6-2)22(33-19)18(13-24)23(31)32-7-3/h8-10,12,14,25H,5-7,11,15H2,1-4H3,(H,26,29). The molecular formula is C23H29N5O4S. The Morgan fingerprint density at radius 2 is 2.00 bits per heavy atom. The molecule has 2 aromatic rings. The van der Waals surface area contributed by atoms with Crippen molar-refractivity contribution in [2.75, 3.05) is 37.4 Å². The largest absolute Gasteiger partial charge is 0.462 e. The van der Waals surface area contributed by atoms with E-state index in [9.17, 15) is 19.6 Å². The summed E-state index contributed by atoms with van der Waals surface area (Å²) in [5.41, 5.74) is 0.786. The highest BCUT2D eigenvalue weighted by atomic mass is 32.1. The summed E-state index contributed by atoms with van der Waals surface area (Å²) in [6.07, 6.45) is 2.50. The van der Waals surface area contributed by atoms with Gasteiger partial charge in [0.2, 0.25) is 5.91 Å². The van der Waals surface area contributed by atoms with Crippen LogP contribution in [0.1, 0.15) is 27.2 Å². The van der Waals surface area contributed by atoms with Gasteiger partial charge in [-0.1, -0.05) is 13.0 Å². The van der Waals surface area contributed by atoms with Gasteiger partial charge in [-0.15, -0.1) is 11.3 Å². The van der Waals surface area contributed by atoms with Crippen molar-refractivity contribution in [1.29, 1.82) is 5.26 Å². The number of likely N-dealkylation sites (N-methyl/N-ethyl adjacent to an activating group) is 1. The molecule has 1 aromatic heterocycles. The fourth-order valence-electron chi connectivity index (χ4n) is 3.12. The lowest BCUT2D eigenvalue weighted by atomic mass is 10.2. The number of carbonyl (C=O) groups is 2. The van der Waals surface area contributed by atoms with Crippen molar-refractivity contribution in [3.8, 4) is 6.07 Å². The van der Waals surface area contributed by atoms with Crippen molar-refractivity contribution in [2.45, 2.75) is 33.7 Å². The van der Waals surface area contributed by atoms with Crippen LogP contribution in [-0.2, 0) is 20.9 Å². The Morgan fingerprint density at radius 3 is 2.64 bits per heavy atom. The number of carbonyl (C=O) groups excluding carboxylic acids is 2. The Bertz CT molecular complexity index is 1210. The highest BCUT2D eigenvalue weighted by molar-refractivity contribution is 7.07. The Labute approximate surface area is 196 Å². The Morgan fingerprint density at radius 1 is 1.27 bits per heavy atom. The summed E-state index contributed by atoms with van der Waals surface area (Å²) >= 11 is 1.04. The number of nitrogens with one attached hydrogen (secondary N) is 2. The molecule has 0 fully saturated rings. The predicted molar refractivity (Wildman–Crippen MR) is 130 cm³/mol. The molecular weight excluding hydrogens is 442 g/mol. The van der Waals surface area contributed by atoms with E-state index in [-0.39, 0.29) is 28.3 Å². The molecule has 0 spiro atoms. The van der Waals surface area contributed by atoms with Crippen molar-refractivity contribution < 1.29 is 14.3 Å². The molecule has 2 rings (SSSR count). The maximum atomic E-state index is 12.8. The van der Waals surface area contributed by atoms with Gasteiger partial charge in [0.15, 0.2) is 5.57 Å². The first-order chi connectivity index (χ1) is 15.8. The average Bonchev–Trinajstić information content (AvgIpc) is 3.08. The second-order valence-electron chi connectivity index (χ2n) is 7.18. The molecule has 0 radical (unpaired) electrons. The Balaban J connectivity index is 2.30. The lowest BCUT2D eigenvalue weighted by molar-refractivity contribution is -0.136. The average molecular weight is 472 g/mol. The normalized spacial score (nSPS) is 12.3. The number of hydrogen-bond donors (Lipinski definition) is 2. The van der Waals surface area contributed by atoms with Gasteiger partial charge in [0, 0.05) is 24.1 Å². The number of anilines is 2. The number of esters is 1. The Kier molecular flexibility index (Phi) is 9.84. The highest BCUT2D eigenvalue weighted by Gasteiger charge is 2.16. The SMILES string of the molecule is CCCN(C)CC(=O)Nc1cccc(NC=c2sc(=C(C#N)C(=O)OCC)n(CC)c2=O)c1. The molecule has 1 amide bonds. The molecule has 0 saturated carbocycles. The number of rotatable bonds is 10. The van der Waals surface area contributed by atoms with E-state index in [0.717, 1.165) is 24.3 Å². The fraction of sp³-hybridized carbons (Fsp3) is 0.391. The second-order valence-corrected chi connectivity index (χ2v) is 8.21. The quantitative estimate of drug-likeness (QED) is 0.502. The van der Waals surface area contributed by atoms with E-state index in [2.05, 4.69) is 17.6 Å². The van der Waals surface area contributed by atoms with Gasteiger partial charge < -0.3 is 15.4 Å². The van der Waals surface area contributed by atoms with Gasteiger partial charge in [-0.3, -0.25) is 19.1 Å². The first-order valence-electron chi connectivity index (χ1n) is 10.7. The molecule has 0 saturated heterocycles. The zero-order valence-corrected chi connectivity index (χ0v) is 20.1. The number of benzene rings is 1. The minimum Gasteiger partial charge on any atom is -0.462 e. The minimum atomic E-state index is -0.754. The third kappa shape index (κ3) is 7.03. The van der Waals surface area contributed by atoms with E-state index in [1.807, 2.05) is 18.0 Å². The summed E-state index contributed by atoms with van der Waals surface area (Å²) in [5, 5.41) is 15.3. The van der Waals surface area contributed by atoms with E-state index in [0.29, 0.717) is 29.0 Å². The molecule has 0 atom stereocenters. The number of ether oxygens (including phenoxy) is 1. The number of nitriles is 1. The molecule has 9 nitrogen and oxygen atoms in total. The number of thiazole rings is 1. The Hall–Kier alpha value is -3.42. The summed E-state index contributed by atoms with van der Waals surface area (Å²) in [6.45, 7) is 7.04. The van der Waals surface area contributed by atoms with Crippen LogP contribution in [0.4, 0.5) is 11.4 Å². The molecule has 2 N–H and O–H groups in total. The van der Waals surface area contributed by atoms with Crippen LogP contribution >= 0.6 is 11.3 Å². The molecule has 1 aromatic carbocycles. The van der Waals surface area contributed by atoms with Gasteiger partial charge >= 0.3 is 5.97 Å². The molecule has 0 unspecified atom stereocenters. The van der Waals surface area contributed by atoms with Crippen LogP contribution < -0.4 is 25.4 Å². The molecule has 176 valence electrons. The van der Waals surface area contributed by atoms with E-state index in [1.165, 1.54) is 10.8 Å². The molecule has 0 aliphatic carbocycles. The topological polar surface area (TPSA) is 116 Å². The van der Waals surface area contributed by atoms with Crippen LogP contribution in [0.3, 0.4) is 0 Å². The fourth-order valence-corrected chi connectivity index (χ4v) is 4.20. The minimum absolute atomic E-state index is 0.112. The van der Waals surface area contributed by atoms with E-state index in [4.69, 9.17) is 4.74 Å². The molecule has 10 heteroatoms. The summed E-state index contributed by atoms with van der Waals surface area (Å²) < 4.78 is 6.90. The van der Waals surface area contributed by atoms with Crippen LogP contribution in [0, 0.1) is 11.3 Å². The van der Waals surface area contributed by atoms with Crippen LogP contribution in [0.25, 0.3) is 11.8 Å². The lowest BCUT2D eigenvalue weighted by Gasteiger charge is -2.15. The summed E-state index contributed by atoms with van der Waals surface area (Å²) in [7, 11) is 1.89. The number of hydrogen-bond acceptors (Lipinski definition) is 8. The van der Waals surface area contributed by atoms with Crippen LogP contribution in [0.15, 0.2) is 29.1 Å². The maximum absolute atomic E-state index is 12.8. The van der Waals surface area contributed by atoms with Crippen molar-refractivity contribution in [3.05, 3.63) is 43.8 Å².